The van der Waals surface area contributed by atoms with E-state index in [0.29, 0.717) is 23.5 Å². The third-order valence-electron chi connectivity index (χ3n) is 3.11. The van der Waals surface area contributed by atoms with Crippen LogP contribution in [0, 0.1) is 5.92 Å². The molecule has 20 heavy (non-hydrogen) atoms. The quantitative estimate of drug-likeness (QED) is 0.760. The van der Waals surface area contributed by atoms with Gasteiger partial charge in [-0.2, -0.15) is 5.10 Å². The second-order valence-corrected chi connectivity index (χ2v) is 6.25. The third kappa shape index (κ3) is 4.90. The zero-order valence-corrected chi connectivity index (χ0v) is 14.1. The molecule has 0 aliphatic heterocycles. The number of nitrogens with two attached hydrogens (primary N) is 1. The van der Waals surface area contributed by atoms with Crippen LogP contribution >= 0.6 is 15.9 Å². The van der Waals surface area contributed by atoms with E-state index in [1.54, 1.807) is 6.20 Å². The molecule has 0 aliphatic carbocycles. The van der Waals surface area contributed by atoms with Crippen molar-refractivity contribution in [2.45, 2.75) is 52.6 Å². The maximum Gasteiger partial charge on any atom is 0.283 e. The summed E-state index contributed by atoms with van der Waals surface area (Å²) in [5, 5.41) is 7.52. The predicted molar refractivity (Wildman–Crippen MR) is 87.0 cm³/mol. The Balaban J connectivity index is 2.86. The van der Waals surface area contributed by atoms with E-state index in [1.165, 1.54) is 4.68 Å². The van der Waals surface area contributed by atoms with E-state index < -0.39 is 0 Å². The van der Waals surface area contributed by atoms with Crippen LogP contribution in [0.3, 0.4) is 0 Å². The van der Waals surface area contributed by atoms with E-state index in [4.69, 9.17) is 5.73 Å². The van der Waals surface area contributed by atoms with Crippen LogP contribution in [0.5, 0.6) is 0 Å². The van der Waals surface area contributed by atoms with Gasteiger partial charge in [0.1, 0.15) is 4.47 Å². The summed E-state index contributed by atoms with van der Waals surface area (Å²) in [5.41, 5.74) is 6.40. The van der Waals surface area contributed by atoms with Crippen molar-refractivity contribution in [2.75, 3.05) is 11.9 Å². The molecule has 114 valence electrons. The number of anilines is 1. The van der Waals surface area contributed by atoms with Crippen LogP contribution in [0.15, 0.2) is 15.5 Å². The van der Waals surface area contributed by atoms with Gasteiger partial charge in [0, 0.05) is 19.1 Å². The monoisotopic (exact) mass is 344 g/mol. The number of aryl methyl sites for hydroxylation is 1. The molecule has 1 atom stereocenters. The lowest BCUT2D eigenvalue weighted by Crippen LogP contribution is -2.32. The lowest BCUT2D eigenvalue weighted by Gasteiger charge is -2.20. The van der Waals surface area contributed by atoms with Gasteiger partial charge in [-0.1, -0.05) is 27.2 Å². The molecule has 1 aromatic heterocycles. The standard InChI is InChI=1S/C14H25BrN4O/c1-4-5-6-19-14(20)13(15)12(9-17-19)18-11(8-16)7-10(2)3/h9-11,18H,4-8,16H2,1-3H3. The predicted octanol–water partition coefficient (Wildman–Crippen LogP) is 2.59. The number of rotatable bonds is 8. The van der Waals surface area contributed by atoms with Crippen LogP contribution in [0.2, 0.25) is 0 Å². The Kier molecular flexibility index (Phi) is 7.23. The summed E-state index contributed by atoms with van der Waals surface area (Å²) in [5.74, 6) is 0.549. The van der Waals surface area contributed by atoms with Crippen LogP contribution in [-0.2, 0) is 6.54 Å². The summed E-state index contributed by atoms with van der Waals surface area (Å²) in [6.45, 7) is 7.58. The smallest absolute Gasteiger partial charge is 0.283 e. The first-order chi connectivity index (χ1) is 9.49. The normalized spacial score (nSPS) is 12.7. The highest BCUT2D eigenvalue weighted by Crippen LogP contribution is 2.19. The fourth-order valence-electron chi connectivity index (χ4n) is 2.04. The van der Waals surface area contributed by atoms with Crippen molar-refractivity contribution in [3.63, 3.8) is 0 Å². The maximum atomic E-state index is 12.2. The van der Waals surface area contributed by atoms with Crippen molar-refractivity contribution >= 4 is 21.6 Å². The fraction of sp³-hybridized carbons (Fsp3) is 0.714. The molecular weight excluding hydrogens is 320 g/mol. The lowest BCUT2D eigenvalue weighted by atomic mass is 10.0. The van der Waals surface area contributed by atoms with Gasteiger partial charge in [-0.3, -0.25) is 4.79 Å². The summed E-state index contributed by atoms with van der Waals surface area (Å²) in [6.07, 6.45) is 4.65. The average Bonchev–Trinajstić information content (AvgIpc) is 2.41. The van der Waals surface area contributed by atoms with Gasteiger partial charge in [-0.15, -0.1) is 0 Å². The van der Waals surface area contributed by atoms with Crippen molar-refractivity contribution in [3.05, 3.63) is 21.0 Å². The maximum absolute atomic E-state index is 12.2. The van der Waals surface area contributed by atoms with Gasteiger partial charge >= 0.3 is 0 Å². The summed E-state index contributed by atoms with van der Waals surface area (Å²) in [7, 11) is 0. The SMILES string of the molecule is CCCCn1ncc(NC(CN)CC(C)C)c(Br)c1=O. The molecule has 1 rings (SSSR count). The molecule has 0 amide bonds. The van der Waals surface area contributed by atoms with Crippen LogP contribution in [0.4, 0.5) is 5.69 Å². The zero-order valence-electron chi connectivity index (χ0n) is 12.5. The minimum atomic E-state index is -0.0937. The van der Waals surface area contributed by atoms with Crippen molar-refractivity contribution in [2.24, 2.45) is 11.7 Å². The molecule has 0 fully saturated rings. The first-order valence-electron chi connectivity index (χ1n) is 7.21. The van der Waals surface area contributed by atoms with E-state index in [2.05, 4.69) is 47.1 Å². The van der Waals surface area contributed by atoms with Crippen LogP contribution in [-0.4, -0.2) is 22.4 Å². The fourth-order valence-corrected chi connectivity index (χ4v) is 2.46. The van der Waals surface area contributed by atoms with Gasteiger partial charge in [0.15, 0.2) is 0 Å². The molecule has 0 aromatic carbocycles. The highest BCUT2D eigenvalue weighted by Gasteiger charge is 2.13. The molecule has 0 saturated heterocycles. The molecule has 5 nitrogen and oxygen atoms in total. The number of nitrogens with one attached hydrogen (secondary N) is 1. The molecule has 6 heteroatoms. The highest BCUT2D eigenvalue weighted by molar-refractivity contribution is 9.10. The average molecular weight is 345 g/mol. The third-order valence-corrected chi connectivity index (χ3v) is 3.87. The van der Waals surface area contributed by atoms with Gasteiger partial charge in [-0.25, -0.2) is 4.68 Å². The van der Waals surface area contributed by atoms with Crippen molar-refractivity contribution in [3.8, 4) is 0 Å². The van der Waals surface area contributed by atoms with E-state index in [-0.39, 0.29) is 11.6 Å². The molecule has 0 bridgehead atoms. The minimum Gasteiger partial charge on any atom is -0.379 e. The van der Waals surface area contributed by atoms with Gasteiger partial charge in [-0.05, 0) is 34.7 Å². The Labute approximate surface area is 129 Å². The summed E-state index contributed by atoms with van der Waals surface area (Å²) < 4.78 is 2.03. The Morgan fingerprint density at radius 1 is 1.50 bits per heavy atom. The Hall–Kier alpha value is -0.880. The van der Waals surface area contributed by atoms with E-state index in [9.17, 15) is 4.79 Å². The first-order valence-corrected chi connectivity index (χ1v) is 8.01. The molecule has 0 spiro atoms. The van der Waals surface area contributed by atoms with E-state index in [0.717, 1.165) is 24.9 Å². The van der Waals surface area contributed by atoms with Crippen LogP contribution < -0.4 is 16.6 Å². The summed E-state index contributed by atoms with van der Waals surface area (Å²) in [6, 6.07) is 0.152. The largest absolute Gasteiger partial charge is 0.379 e. The lowest BCUT2D eigenvalue weighted by molar-refractivity contribution is 0.518. The molecule has 3 N–H and O–H groups in total. The first kappa shape index (κ1) is 17.2. The molecule has 1 heterocycles. The summed E-state index contributed by atoms with van der Waals surface area (Å²) in [4.78, 5) is 12.2. The molecule has 0 radical (unpaired) electrons. The molecule has 1 unspecified atom stereocenters. The second-order valence-electron chi connectivity index (χ2n) is 5.46. The molecule has 0 aliphatic rings. The van der Waals surface area contributed by atoms with Gasteiger partial charge in [0.25, 0.3) is 5.56 Å². The van der Waals surface area contributed by atoms with Crippen LogP contribution in [0.1, 0.15) is 40.0 Å². The molecule has 1 aromatic rings. The Bertz CT molecular complexity index is 473. The highest BCUT2D eigenvalue weighted by atomic mass is 79.9. The van der Waals surface area contributed by atoms with Crippen molar-refractivity contribution < 1.29 is 0 Å². The number of nitrogens with zero attached hydrogens (tertiary/aromatic N) is 2. The van der Waals surface area contributed by atoms with Gasteiger partial charge in [0.05, 0.1) is 11.9 Å². The van der Waals surface area contributed by atoms with Gasteiger partial charge in [0.2, 0.25) is 0 Å². The summed E-state index contributed by atoms with van der Waals surface area (Å²) >= 11 is 3.37. The van der Waals surface area contributed by atoms with Gasteiger partial charge < -0.3 is 11.1 Å². The van der Waals surface area contributed by atoms with Crippen LogP contribution in [0.25, 0.3) is 0 Å². The Morgan fingerprint density at radius 2 is 2.20 bits per heavy atom. The van der Waals surface area contributed by atoms with E-state index in [1.807, 2.05) is 0 Å². The van der Waals surface area contributed by atoms with Crippen molar-refractivity contribution in [1.29, 1.82) is 0 Å². The zero-order chi connectivity index (χ0) is 15.1. The topological polar surface area (TPSA) is 72.9 Å². The second kappa shape index (κ2) is 8.42. The minimum absolute atomic E-state index is 0.0937. The molecule has 0 saturated carbocycles. The number of unbranched alkanes of at least 4 members (excludes halogenated alkanes) is 1. The number of hydrogen-bond donors (Lipinski definition) is 2. The number of aromatic nitrogens is 2. The number of hydrogen-bond acceptors (Lipinski definition) is 4. The van der Waals surface area contributed by atoms with Crippen molar-refractivity contribution in [1.82, 2.24) is 9.78 Å². The molecular formula is C14H25BrN4O. The number of halogens is 1. The van der Waals surface area contributed by atoms with E-state index >= 15 is 0 Å². The Morgan fingerprint density at radius 3 is 2.75 bits per heavy atom.